The van der Waals surface area contributed by atoms with Gasteiger partial charge >= 0.3 is 0 Å². The van der Waals surface area contributed by atoms with Gasteiger partial charge in [0.1, 0.15) is 5.69 Å². The monoisotopic (exact) mass is 260 g/mol. The van der Waals surface area contributed by atoms with Crippen molar-refractivity contribution in [1.82, 2.24) is 0 Å². The van der Waals surface area contributed by atoms with Gasteiger partial charge in [-0.25, -0.2) is 8.78 Å². The number of hydrogen-bond donors (Lipinski definition) is 2. The van der Waals surface area contributed by atoms with Gasteiger partial charge in [-0.05, 0) is 20.3 Å². The van der Waals surface area contributed by atoms with E-state index < -0.39 is 33.5 Å². The molecule has 1 aromatic carbocycles. The maximum atomic E-state index is 13.6. The number of halogens is 2. The van der Waals surface area contributed by atoms with Crippen LogP contribution in [-0.2, 0) is 0 Å². The quantitative estimate of drug-likeness (QED) is 0.629. The normalized spacial score (nSPS) is 11.4. The molecular weight excluding hydrogens is 246 g/mol. The van der Waals surface area contributed by atoms with Gasteiger partial charge in [0.25, 0.3) is 5.69 Å². The zero-order chi connectivity index (χ0) is 13.9. The maximum absolute atomic E-state index is 13.6. The van der Waals surface area contributed by atoms with E-state index in [-0.39, 0.29) is 13.0 Å². The average Bonchev–Trinajstić information content (AvgIpc) is 2.22. The van der Waals surface area contributed by atoms with Gasteiger partial charge in [-0.3, -0.25) is 10.1 Å². The maximum Gasteiger partial charge on any atom is 0.275 e. The smallest absolute Gasteiger partial charge is 0.275 e. The Hall–Kier alpha value is -1.76. The predicted molar refractivity (Wildman–Crippen MR) is 62.4 cm³/mol. The number of benzene rings is 1. The fourth-order valence-electron chi connectivity index (χ4n) is 1.46. The molecule has 0 radical (unpaired) electrons. The van der Waals surface area contributed by atoms with Crippen molar-refractivity contribution in [3.8, 4) is 0 Å². The van der Waals surface area contributed by atoms with Crippen LogP contribution in [-0.4, -0.2) is 22.2 Å². The molecule has 0 aromatic heterocycles. The molecule has 0 bridgehead atoms. The molecule has 0 saturated carbocycles. The minimum atomic E-state index is -1.03. The summed E-state index contributed by atoms with van der Waals surface area (Å²) in [5, 5.41) is 21.8. The Labute approximate surface area is 103 Å². The minimum Gasteiger partial charge on any atom is -0.396 e. The fraction of sp³-hybridized carbons (Fsp3) is 0.455. The molecule has 100 valence electrons. The Balaban J connectivity index is 3.08. The standard InChI is InChI=1S/C11H14F2N2O3/c1-11(2,3-4-16)14-10-8(12)5-7(15(17)18)6-9(10)13/h5-6,14,16H,3-4H2,1-2H3. The van der Waals surface area contributed by atoms with Crippen LogP contribution in [0.1, 0.15) is 20.3 Å². The Morgan fingerprint density at radius 3 is 2.28 bits per heavy atom. The summed E-state index contributed by atoms with van der Waals surface area (Å²) in [4.78, 5) is 9.56. The molecule has 0 spiro atoms. The van der Waals surface area contributed by atoms with Crippen LogP contribution < -0.4 is 5.32 Å². The van der Waals surface area contributed by atoms with Gasteiger partial charge in [0.05, 0.1) is 17.1 Å². The number of nitrogens with one attached hydrogen (secondary N) is 1. The highest BCUT2D eigenvalue weighted by atomic mass is 19.1. The summed E-state index contributed by atoms with van der Waals surface area (Å²) in [6.45, 7) is 3.17. The zero-order valence-electron chi connectivity index (χ0n) is 10.0. The third-order valence-electron chi connectivity index (χ3n) is 2.44. The second-order valence-electron chi connectivity index (χ2n) is 4.52. The number of nitrogens with zero attached hydrogens (tertiary/aromatic N) is 1. The molecule has 0 fully saturated rings. The summed E-state index contributed by atoms with van der Waals surface area (Å²) in [7, 11) is 0. The highest BCUT2D eigenvalue weighted by Gasteiger charge is 2.23. The van der Waals surface area contributed by atoms with E-state index in [1.54, 1.807) is 13.8 Å². The van der Waals surface area contributed by atoms with E-state index in [0.29, 0.717) is 12.1 Å². The van der Waals surface area contributed by atoms with Crippen LogP contribution in [0.4, 0.5) is 20.2 Å². The van der Waals surface area contributed by atoms with Crippen molar-refractivity contribution in [3.63, 3.8) is 0 Å². The van der Waals surface area contributed by atoms with E-state index >= 15 is 0 Å². The average molecular weight is 260 g/mol. The van der Waals surface area contributed by atoms with Crippen molar-refractivity contribution < 1.29 is 18.8 Å². The molecule has 2 N–H and O–H groups in total. The van der Waals surface area contributed by atoms with E-state index in [1.165, 1.54) is 0 Å². The first kappa shape index (κ1) is 14.3. The first-order valence-electron chi connectivity index (χ1n) is 5.29. The Bertz CT molecular complexity index is 441. The van der Waals surface area contributed by atoms with Crippen LogP contribution in [0.15, 0.2) is 12.1 Å². The minimum absolute atomic E-state index is 0.143. The number of aliphatic hydroxyl groups excluding tert-OH is 1. The van der Waals surface area contributed by atoms with Gasteiger partial charge in [0.15, 0.2) is 11.6 Å². The van der Waals surface area contributed by atoms with Crippen molar-refractivity contribution >= 4 is 11.4 Å². The van der Waals surface area contributed by atoms with Crippen LogP contribution in [0.2, 0.25) is 0 Å². The van der Waals surface area contributed by atoms with E-state index in [0.717, 1.165) is 0 Å². The topological polar surface area (TPSA) is 75.4 Å². The lowest BCUT2D eigenvalue weighted by Gasteiger charge is -2.27. The van der Waals surface area contributed by atoms with Crippen LogP contribution in [0.5, 0.6) is 0 Å². The number of aliphatic hydroxyl groups is 1. The number of anilines is 1. The lowest BCUT2D eigenvalue weighted by atomic mass is 10.0. The number of rotatable bonds is 5. The lowest BCUT2D eigenvalue weighted by molar-refractivity contribution is -0.385. The highest BCUT2D eigenvalue weighted by molar-refractivity contribution is 5.53. The summed E-state index contributed by atoms with van der Waals surface area (Å²) >= 11 is 0. The van der Waals surface area contributed by atoms with Crippen LogP contribution in [0.25, 0.3) is 0 Å². The number of nitro benzene ring substituents is 1. The van der Waals surface area contributed by atoms with Gasteiger partial charge < -0.3 is 10.4 Å². The number of non-ortho nitro benzene ring substituents is 1. The Morgan fingerprint density at radius 1 is 1.39 bits per heavy atom. The largest absolute Gasteiger partial charge is 0.396 e. The van der Waals surface area contributed by atoms with Crippen LogP contribution in [0.3, 0.4) is 0 Å². The summed E-state index contributed by atoms with van der Waals surface area (Å²) in [5.74, 6) is -2.07. The van der Waals surface area contributed by atoms with Crippen molar-refractivity contribution in [2.45, 2.75) is 25.8 Å². The Kier molecular flexibility index (Phi) is 4.18. The second kappa shape index (κ2) is 5.26. The molecule has 1 rings (SSSR count). The van der Waals surface area contributed by atoms with Gasteiger partial charge in [0.2, 0.25) is 0 Å². The summed E-state index contributed by atoms with van der Waals surface area (Å²) in [5.41, 5.74) is -1.80. The molecular formula is C11H14F2N2O3. The molecule has 5 nitrogen and oxygen atoms in total. The van der Waals surface area contributed by atoms with Crippen LogP contribution >= 0.6 is 0 Å². The zero-order valence-corrected chi connectivity index (χ0v) is 10.0. The number of nitro groups is 1. The molecule has 0 amide bonds. The van der Waals surface area contributed by atoms with E-state index in [4.69, 9.17) is 5.11 Å². The second-order valence-corrected chi connectivity index (χ2v) is 4.52. The van der Waals surface area contributed by atoms with Crippen molar-refractivity contribution in [2.24, 2.45) is 0 Å². The molecule has 0 atom stereocenters. The predicted octanol–water partition coefficient (Wildman–Crippen LogP) is 2.45. The third kappa shape index (κ3) is 3.36. The first-order valence-corrected chi connectivity index (χ1v) is 5.29. The Morgan fingerprint density at radius 2 is 1.89 bits per heavy atom. The fourth-order valence-corrected chi connectivity index (χ4v) is 1.46. The van der Waals surface area contributed by atoms with Crippen molar-refractivity contribution in [3.05, 3.63) is 33.9 Å². The van der Waals surface area contributed by atoms with Crippen molar-refractivity contribution in [2.75, 3.05) is 11.9 Å². The molecule has 7 heteroatoms. The van der Waals surface area contributed by atoms with E-state index in [1.807, 2.05) is 0 Å². The van der Waals surface area contributed by atoms with E-state index in [9.17, 15) is 18.9 Å². The lowest BCUT2D eigenvalue weighted by Crippen LogP contribution is -2.32. The molecule has 1 aromatic rings. The number of hydrogen-bond acceptors (Lipinski definition) is 4. The molecule has 0 aliphatic carbocycles. The SMILES string of the molecule is CC(C)(CCO)Nc1c(F)cc([N+](=O)[O-])cc1F. The van der Waals surface area contributed by atoms with E-state index in [2.05, 4.69) is 5.32 Å². The van der Waals surface area contributed by atoms with Crippen molar-refractivity contribution in [1.29, 1.82) is 0 Å². The molecule has 0 aliphatic rings. The summed E-state index contributed by atoms with van der Waals surface area (Å²) < 4.78 is 27.1. The molecule has 0 heterocycles. The third-order valence-corrected chi connectivity index (χ3v) is 2.44. The molecule has 0 saturated heterocycles. The molecule has 0 aliphatic heterocycles. The summed E-state index contributed by atoms with van der Waals surface area (Å²) in [6.07, 6.45) is 0.281. The highest BCUT2D eigenvalue weighted by Crippen LogP contribution is 2.28. The molecule has 18 heavy (non-hydrogen) atoms. The van der Waals surface area contributed by atoms with Gasteiger partial charge in [-0.15, -0.1) is 0 Å². The summed E-state index contributed by atoms with van der Waals surface area (Å²) in [6, 6.07) is 1.31. The first-order chi connectivity index (χ1) is 8.26. The van der Waals surface area contributed by atoms with Gasteiger partial charge in [0, 0.05) is 12.1 Å². The van der Waals surface area contributed by atoms with Gasteiger partial charge in [-0.1, -0.05) is 0 Å². The van der Waals surface area contributed by atoms with Gasteiger partial charge in [-0.2, -0.15) is 0 Å². The molecule has 0 unspecified atom stereocenters. The van der Waals surface area contributed by atoms with Crippen LogP contribution in [0, 0.1) is 21.7 Å².